The van der Waals surface area contributed by atoms with E-state index in [1.54, 1.807) is 44.5 Å². The number of hydrogen-bond donors (Lipinski definition) is 2. The number of aryl methyl sites for hydroxylation is 8. The van der Waals surface area contributed by atoms with Crippen molar-refractivity contribution in [1.82, 2.24) is 0 Å². The number of anilines is 4. The van der Waals surface area contributed by atoms with Gasteiger partial charge in [0, 0.05) is 56.9 Å². The van der Waals surface area contributed by atoms with Crippen LogP contribution in [0.15, 0.2) is 230 Å². The molecule has 2 N–H and O–H groups in total. The molecule has 11 aromatic rings. The van der Waals surface area contributed by atoms with Crippen LogP contribution in [0.2, 0.25) is 0 Å². The molecule has 0 spiro atoms. The third-order valence-electron chi connectivity index (χ3n) is 30.9. The number of halogens is 4. The second-order valence-corrected chi connectivity index (χ2v) is 46.5. The van der Waals surface area contributed by atoms with Gasteiger partial charge in [0.15, 0.2) is 0 Å². The van der Waals surface area contributed by atoms with E-state index in [1.807, 2.05) is 0 Å². The quantitative estimate of drug-likeness (QED) is 0.0372. The summed E-state index contributed by atoms with van der Waals surface area (Å²) in [5, 5.41) is 7.61. The van der Waals surface area contributed by atoms with Gasteiger partial charge in [-0.3, -0.25) is 0 Å². The van der Waals surface area contributed by atoms with Gasteiger partial charge in [0.1, 0.15) is 0 Å². The second-order valence-electron chi connectivity index (χ2n) is 42.8. The van der Waals surface area contributed by atoms with Crippen molar-refractivity contribution in [3.63, 3.8) is 0 Å². The molecule has 0 atom stereocenters. The maximum absolute atomic E-state index is 3.88. The Morgan fingerprint density at radius 1 is 0.233 bits per heavy atom. The van der Waals surface area contributed by atoms with Crippen molar-refractivity contribution < 1.29 is 0 Å². The lowest BCUT2D eigenvalue weighted by Crippen LogP contribution is -2.27. The first-order valence-corrected chi connectivity index (χ1v) is 56.3. The smallest absolute Gasteiger partial charge is 0.0464 e. The summed E-state index contributed by atoms with van der Waals surface area (Å²) in [6.07, 6.45) is 58.1. The van der Waals surface area contributed by atoms with Crippen LogP contribution in [0, 0.1) is 0 Å². The predicted molar refractivity (Wildman–Crippen MR) is 593 cm³/mol. The first-order chi connectivity index (χ1) is 64.6. The molecular formula is C127H160Br4N2. The Morgan fingerprint density at radius 3 is 0.827 bits per heavy atom. The molecule has 0 saturated heterocycles. The van der Waals surface area contributed by atoms with Crippen LogP contribution in [0.4, 0.5) is 22.7 Å². The minimum atomic E-state index is -0.111. The number of nitrogens with one attached hydrogen (secondary N) is 2. The Labute approximate surface area is 840 Å². The van der Waals surface area contributed by atoms with E-state index in [2.05, 4.69) is 363 Å². The van der Waals surface area contributed by atoms with Crippen molar-refractivity contribution in [1.29, 1.82) is 0 Å². The van der Waals surface area contributed by atoms with Crippen LogP contribution in [0.1, 0.15) is 408 Å². The zero-order chi connectivity index (χ0) is 93.4. The summed E-state index contributed by atoms with van der Waals surface area (Å²) in [5.41, 5.74) is 39.5. The van der Waals surface area contributed by atoms with Crippen LogP contribution >= 0.6 is 63.7 Å². The molecule has 0 fully saturated rings. The SMILES string of the molecule is Brc1ccc2c(c1)C(CCCCCc1ccc3c(c1)CC3)(CCCCCc1ccc3c(c1)CC3)c1cc(Br)ccc1-2.CCCCCCCCC1(CCCCCCCC)c2cc(Nc3ccc(C(C)(C)C)cc3)ccc2-c2ccc(Nc3ccc(C(C)(C)C)cc3)cc21.CCCCCCCCC1(c2cc(CCCCCC)cc(CCCCCC)c2)c2cc(Br)ccc2-c2ccc(Br)cc21. The van der Waals surface area contributed by atoms with Crippen LogP contribution in [0.5, 0.6) is 0 Å². The van der Waals surface area contributed by atoms with Crippen LogP contribution in [-0.4, -0.2) is 0 Å². The van der Waals surface area contributed by atoms with Gasteiger partial charge >= 0.3 is 0 Å². The van der Waals surface area contributed by atoms with Gasteiger partial charge < -0.3 is 10.6 Å². The molecule has 0 aliphatic heterocycles. The van der Waals surface area contributed by atoms with Gasteiger partial charge in [-0.2, -0.15) is 0 Å². The lowest BCUT2D eigenvalue weighted by Gasteiger charge is -2.34. The van der Waals surface area contributed by atoms with E-state index in [9.17, 15) is 0 Å². The zero-order valence-corrected chi connectivity index (χ0v) is 89.9. The number of rotatable bonds is 48. The van der Waals surface area contributed by atoms with Gasteiger partial charge in [0.05, 0.1) is 0 Å². The fraction of sp³-hybridized carbons (Fsp3) is 0.480. The minimum absolute atomic E-state index is 0.0156. The van der Waals surface area contributed by atoms with Crippen molar-refractivity contribution in [2.45, 2.75) is 392 Å². The minimum Gasteiger partial charge on any atom is -0.356 e. The van der Waals surface area contributed by atoms with E-state index in [1.165, 1.54) is 402 Å². The Morgan fingerprint density at radius 2 is 0.504 bits per heavy atom. The Kier molecular flexibility index (Phi) is 37.5. The van der Waals surface area contributed by atoms with Gasteiger partial charge in [0.25, 0.3) is 0 Å². The van der Waals surface area contributed by atoms with Gasteiger partial charge in [-0.05, 0) is 345 Å². The first kappa shape index (κ1) is 102. The number of unbranched alkanes of at least 4 members (excludes halogenated alkanes) is 25. The molecule has 706 valence electrons. The lowest BCUT2D eigenvalue weighted by atomic mass is 9.68. The van der Waals surface area contributed by atoms with Crippen molar-refractivity contribution in [3.05, 3.63) is 325 Å². The summed E-state index contributed by atoms with van der Waals surface area (Å²) in [6, 6.07) is 82.8. The lowest BCUT2D eigenvalue weighted by molar-refractivity contribution is 0.398. The summed E-state index contributed by atoms with van der Waals surface area (Å²) < 4.78 is 4.78. The van der Waals surface area contributed by atoms with Crippen molar-refractivity contribution >= 4 is 86.5 Å². The third kappa shape index (κ3) is 25.9. The molecular weight excluding hydrogens is 1870 g/mol. The molecule has 0 bridgehead atoms. The third-order valence-corrected chi connectivity index (χ3v) is 32.9. The van der Waals surface area contributed by atoms with E-state index in [4.69, 9.17) is 0 Å². The van der Waals surface area contributed by atoms with Crippen molar-refractivity contribution in [3.8, 4) is 33.4 Å². The van der Waals surface area contributed by atoms with E-state index in [-0.39, 0.29) is 27.1 Å². The number of hydrogen-bond acceptors (Lipinski definition) is 2. The fourth-order valence-corrected chi connectivity index (χ4v) is 24.4. The zero-order valence-electron chi connectivity index (χ0n) is 83.5. The van der Waals surface area contributed by atoms with Crippen LogP contribution in [-0.2, 0) is 78.4 Å². The van der Waals surface area contributed by atoms with E-state index in [0.717, 1.165) is 11.4 Å². The molecule has 5 aliphatic carbocycles. The monoisotopic (exact) mass is 2030 g/mol. The molecule has 11 aromatic carbocycles. The Bertz CT molecular complexity index is 5240. The summed E-state index contributed by atoms with van der Waals surface area (Å²) in [6.45, 7) is 25.3. The fourth-order valence-electron chi connectivity index (χ4n) is 23.0. The maximum atomic E-state index is 3.88. The summed E-state index contributed by atoms with van der Waals surface area (Å²) in [5.74, 6) is 0. The van der Waals surface area contributed by atoms with Gasteiger partial charge in [-0.1, -0.05) is 435 Å². The van der Waals surface area contributed by atoms with Crippen LogP contribution in [0.3, 0.4) is 0 Å². The number of fused-ring (bicyclic) bond motifs is 11. The van der Waals surface area contributed by atoms with Crippen LogP contribution < -0.4 is 10.6 Å². The predicted octanol–water partition coefficient (Wildman–Crippen LogP) is 40.3. The molecule has 0 radical (unpaired) electrons. The van der Waals surface area contributed by atoms with E-state index in [0.29, 0.717) is 0 Å². The van der Waals surface area contributed by atoms with Gasteiger partial charge in [-0.25, -0.2) is 0 Å². The molecule has 16 rings (SSSR count). The summed E-state index contributed by atoms with van der Waals surface area (Å²) in [4.78, 5) is 0. The highest BCUT2D eigenvalue weighted by atomic mass is 79.9. The highest BCUT2D eigenvalue weighted by Crippen LogP contribution is 2.60. The Hall–Kier alpha value is -7.06. The topological polar surface area (TPSA) is 24.1 Å². The summed E-state index contributed by atoms with van der Waals surface area (Å²) in [7, 11) is 0. The molecule has 0 saturated carbocycles. The van der Waals surface area contributed by atoms with Gasteiger partial charge in [-0.15, -0.1) is 0 Å². The van der Waals surface area contributed by atoms with E-state index >= 15 is 0 Å². The van der Waals surface area contributed by atoms with Crippen LogP contribution in [0.25, 0.3) is 33.4 Å². The first-order valence-electron chi connectivity index (χ1n) is 53.2. The molecule has 0 amide bonds. The molecule has 0 unspecified atom stereocenters. The van der Waals surface area contributed by atoms with Gasteiger partial charge in [0.2, 0.25) is 0 Å². The molecule has 5 aliphatic rings. The standard InChI is InChI=1S/C49H68N2.C39H40Br2.C39H52Br2/c1-9-11-13-15-17-19-33-49(34-20-18-16-14-12-10-2)45-35-41(50-39-25-21-37(22-26-39)47(3,4)5)29-31-43(45)44-32-30-42(36-46(44)49)51-40-27-23-38(24-28-40)48(6,7)8;40-33-17-19-35-36-20-18-34(41)26-38(36)39(37(35)25-33,21-5-1-3-7-27-9-11-29-13-15-31(29)23-27)22-6-2-4-8-28-10-12-30-14-16-32(30)24-28;1-4-7-10-13-14-17-24-39(37-28-33(40)20-22-35(37)36-23-21-34(41)29-38(36)39)32-26-30(18-15-11-8-5-2)25-31(27-32)19-16-12-9-6-3/h21-32,35-36,50-51H,9-20,33-34H2,1-8H3;9-12,17-20,23-26H,1-8,13-16,21-22H2;20-23,25-29H,4-19,24H2,1-3H3. The Balaban J connectivity index is 0.000000162. The normalized spacial score (nSPS) is 14.1. The largest absolute Gasteiger partial charge is 0.356 e. The molecule has 133 heavy (non-hydrogen) atoms. The van der Waals surface area contributed by atoms with Crippen molar-refractivity contribution in [2.24, 2.45) is 0 Å². The molecule has 2 nitrogen and oxygen atoms in total. The average Bonchev–Trinajstić information content (AvgIpc) is 1.57. The van der Waals surface area contributed by atoms with Crippen molar-refractivity contribution in [2.75, 3.05) is 10.6 Å². The average molecular weight is 2030 g/mol. The summed E-state index contributed by atoms with van der Waals surface area (Å²) >= 11 is 15.4. The second kappa shape index (κ2) is 49.0. The molecule has 0 heterocycles. The highest BCUT2D eigenvalue weighted by molar-refractivity contribution is 9.11. The van der Waals surface area contributed by atoms with E-state index < -0.39 is 0 Å². The highest BCUT2D eigenvalue weighted by Gasteiger charge is 2.47. The molecule has 0 aromatic heterocycles. The maximum Gasteiger partial charge on any atom is 0.0464 e. The number of benzene rings is 11. The molecule has 6 heteroatoms.